The van der Waals surface area contributed by atoms with Gasteiger partial charge in [-0.1, -0.05) is 295 Å². The topological polar surface area (TPSA) is 37.3 Å². The standard InChI is InChI=1S/C36H28S3.C24H19S2.C17H20I.C16H18I.C13H16O2.CH4.3F6P.6FH.Sb/c1-5-13-31(14-6-1)38(32-15-7-2-8-16-32)35-25-21-29(22-26-35)37-30-23-27-36(28-24-30)39(33-17-9-3-10-18-33)34-19-11-4-12-20-34;1-4-10-20(11-5-1)25-21-16-18-24(19-17-21)26(22-12-6-2-7-13-22)23-14-8-3-9-15-23;1-13(2)12-15-6-10-17(11-7-15)18-16-8-4-14(3)5-9-16;1-12(2)14-6-10-16(11-7-14)17-15-8-4-13(3)5-9-15;14-12(11-7-3-1-4-8-11)13(15)9-5-2-6-10-13;;3*1-7(2,3,4,5)6;;;;;;;/h1-28H;1-19H;4-11,13H,12H2,1-3H3;4-12H,1-3H3;1,3-4,7-8,15H,2,5-6,9-10H2;1H4;;;;6*1H;/q+2;3*+1;;;3*-1;;;;;;;+5/p-6. The number of carbonyl (C=O) groups is 1. The molecule has 0 amide bonds. The molecule has 0 heterocycles. The summed E-state index contributed by atoms with van der Waals surface area (Å²) in [6.07, 6.45) is 5.44. The van der Waals surface area contributed by atoms with Gasteiger partial charge in [-0.2, -0.15) is 0 Å². The molecular formula is C107H105F24I2O2P3S5Sb+. The minimum atomic E-state index is -10.7. The van der Waals surface area contributed by atoms with Gasteiger partial charge in [0.05, 0.1) is 32.7 Å². The van der Waals surface area contributed by atoms with Gasteiger partial charge in [0.2, 0.25) is 0 Å². The smallest absolute Gasteiger partial charge is 0.0901 e. The number of aryl methyl sites for hydroxylation is 2. The molecule has 0 atom stereocenters. The third kappa shape index (κ3) is 55.5. The third-order valence-electron chi connectivity index (χ3n) is 19.0. The van der Waals surface area contributed by atoms with Crippen LogP contribution in [0.5, 0.6) is 0 Å². The number of Topliss-reactive ketones (excluding diaryl/α,β-unsaturated/α-hetero) is 1. The maximum Gasteiger partial charge on any atom is 0.166 e. The average molecular weight is 2510 g/mol. The first-order valence-electron chi connectivity index (χ1n) is 43.3. The van der Waals surface area contributed by atoms with Gasteiger partial charge in [-0.05, 0) is 262 Å². The van der Waals surface area contributed by atoms with E-state index in [0.29, 0.717) is 24.3 Å². The number of hydrogen-bond donors (Lipinski definition) is 1. The van der Waals surface area contributed by atoms with E-state index in [9.17, 15) is 99.5 Å². The first-order valence-corrected chi connectivity index (χ1v) is 63.9. The molecule has 0 spiro atoms. The largest absolute Gasteiger partial charge is 0.166 e. The molecule has 0 bridgehead atoms. The van der Waals surface area contributed by atoms with E-state index in [1.54, 1.807) is 23.9 Å². The molecule has 0 aliphatic heterocycles. The molecule has 1 N–H and O–H groups in total. The molecular weight excluding hydrogens is 2400 g/mol. The van der Waals surface area contributed by atoms with Crippen molar-refractivity contribution in [2.45, 2.75) is 163 Å². The van der Waals surface area contributed by atoms with E-state index in [2.05, 4.69) is 424 Å². The molecule has 15 aromatic carbocycles. The number of rotatable bonds is 22. The fourth-order valence-electron chi connectivity index (χ4n) is 13.0. The Morgan fingerprint density at radius 1 is 0.312 bits per heavy atom. The average Bonchev–Trinajstić information content (AvgIpc) is 0.788. The Morgan fingerprint density at radius 3 is 0.743 bits per heavy atom. The molecule has 0 saturated heterocycles. The Labute approximate surface area is 867 Å². The zero-order chi connectivity index (χ0) is 104. The van der Waals surface area contributed by atoms with Gasteiger partial charge in [0.15, 0.2) is 64.1 Å². The van der Waals surface area contributed by atoms with Crippen molar-refractivity contribution in [3.8, 4) is 0 Å². The summed E-state index contributed by atoms with van der Waals surface area (Å²) in [5, 5.41) is 10.2. The molecule has 2 nitrogen and oxygen atoms in total. The molecule has 15 aromatic rings. The van der Waals surface area contributed by atoms with Crippen LogP contribution < -0.4 is 47.1 Å². The SMILES string of the molecule is C.Cc1ccc([I+]c2ccc(C(C)C)cc2)cc1.Cc1ccc([I+]c2ccc(CC(C)C)cc2)cc1.F[P-](F)(F)(F)(F)F.F[P-](F)(F)(F)(F)F.F[P-](F)(F)(F)(F)F.O=C(c1ccccc1)C1(O)CCCCC1.[F-].[F][Sb]([F])([F])([F])[F].c1ccc(Sc2ccc([S+](c3ccccc3)c3ccccc3)cc2)cc1.c1ccc([S+](c2ccccc2)c2ccc(Sc3ccc([S+](c4ccccc4)c4ccccc4)cc3)cc2)cc1. The summed E-state index contributed by atoms with van der Waals surface area (Å²) in [4.78, 5) is 29.2. The van der Waals surface area contributed by atoms with Crippen LogP contribution in [0.25, 0.3) is 0 Å². The third-order valence-corrected chi connectivity index (χ3v) is 33.0. The summed E-state index contributed by atoms with van der Waals surface area (Å²) in [5.41, 5.74) is 5.10. The number of halogens is 26. The van der Waals surface area contributed by atoms with Crippen molar-refractivity contribution in [2.75, 3.05) is 0 Å². The van der Waals surface area contributed by atoms with Gasteiger partial charge in [-0.25, -0.2) is 0 Å². The second kappa shape index (κ2) is 52.1. The molecule has 0 aromatic heterocycles. The quantitative estimate of drug-likeness (QED) is 0.0183. The van der Waals surface area contributed by atoms with Crippen LogP contribution in [-0.4, -0.2) is 36.8 Å². The molecule has 0 radical (unpaired) electrons. The van der Waals surface area contributed by atoms with Gasteiger partial charge in [0.25, 0.3) is 0 Å². The summed E-state index contributed by atoms with van der Waals surface area (Å²) in [5.74, 6) is 1.26. The molecule has 0 unspecified atom stereocenters. The minimum absolute atomic E-state index is 0. The van der Waals surface area contributed by atoms with Gasteiger partial charge >= 0.3 is 176 Å². The molecule has 1 saturated carbocycles. The van der Waals surface area contributed by atoms with Crippen molar-refractivity contribution in [2.24, 2.45) is 5.92 Å². The molecule has 776 valence electrons. The Balaban J connectivity index is 0.000000266. The summed E-state index contributed by atoms with van der Waals surface area (Å²) < 4.78 is 233. The van der Waals surface area contributed by atoms with Crippen LogP contribution in [0.1, 0.15) is 106 Å². The van der Waals surface area contributed by atoms with Crippen molar-refractivity contribution in [3.63, 3.8) is 0 Å². The van der Waals surface area contributed by atoms with Crippen molar-refractivity contribution in [1.29, 1.82) is 0 Å². The van der Waals surface area contributed by atoms with Crippen LogP contribution in [-0.2, 0) is 39.1 Å². The van der Waals surface area contributed by atoms with E-state index < -0.39 is 49.3 Å². The van der Waals surface area contributed by atoms with E-state index in [0.717, 1.165) is 25.2 Å². The first kappa shape index (κ1) is 124. The summed E-state index contributed by atoms with van der Waals surface area (Å²) in [6.45, 7) is 13.3. The van der Waals surface area contributed by atoms with Crippen molar-refractivity contribution < 1.29 is 147 Å². The van der Waals surface area contributed by atoms with Crippen LogP contribution in [0.15, 0.2) is 476 Å². The summed E-state index contributed by atoms with van der Waals surface area (Å²) in [6, 6.07) is 148. The molecule has 144 heavy (non-hydrogen) atoms. The van der Waals surface area contributed by atoms with Crippen molar-refractivity contribution >= 4 is 106 Å². The molecule has 1 fully saturated rings. The normalized spacial score (nSPS) is 13.8. The van der Waals surface area contributed by atoms with E-state index in [-0.39, 0.29) is 93.0 Å². The summed E-state index contributed by atoms with van der Waals surface area (Å²) >= 11 is -5.60. The number of carbonyl (C=O) groups excluding carboxylic acids is 1. The van der Waals surface area contributed by atoms with Crippen molar-refractivity contribution in [3.05, 3.63) is 455 Å². The van der Waals surface area contributed by atoms with E-state index >= 15 is 0 Å². The number of hydrogen-bond acceptors (Lipinski definition) is 4. The maximum atomic E-state index is 12.1. The maximum absolute atomic E-state index is 12.1. The predicted octanol–water partition coefficient (Wildman–Crippen LogP) is 31.6. The molecule has 37 heteroatoms. The van der Waals surface area contributed by atoms with E-state index in [1.165, 1.54) is 107 Å². The summed E-state index contributed by atoms with van der Waals surface area (Å²) in [7, 11) is -32.3. The number of aliphatic hydroxyl groups is 1. The van der Waals surface area contributed by atoms with Crippen LogP contribution in [0.4, 0.5) is 89.6 Å². The van der Waals surface area contributed by atoms with Gasteiger partial charge in [0, 0.05) is 25.1 Å². The zero-order valence-corrected chi connectivity index (χ0v) is 90.8. The van der Waals surface area contributed by atoms with Gasteiger partial charge < -0.3 is 9.81 Å². The van der Waals surface area contributed by atoms with E-state index in [4.69, 9.17) is 0 Å². The fraction of sp³-hybridized carbons (Fsp3) is 0.150. The fourth-order valence-corrected chi connectivity index (χ4v) is 25.2. The Bertz CT molecular complexity index is 5980. The van der Waals surface area contributed by atoms with Gasteiger partial charge in [0.1, 0.15) is 5.60 Å². The minimum Gasteiger partial charge on any atom is -0.0901 e. The predicted molar refractivity (Wildman–Crippen MR) is 539 cm³/mol. The Hall–Kier alpha value is -8.43. The van der Waals surface area contributed by atoms with Crippen LogP contribution in [0.2, 0.25) is 0 Å². The second-order valence-electron chi connectivity index (χ2n) is 32.2. The van der Waals surface area contributed by atoms with E-state index in [1.807, 2.05) is 30.0 Å². The van der Waals surface area contributed by atoms with Gasteiger partial charge in [-0.15, -0.1) is 0 Å². The monoisotopic (exact) mass is 2510 g/mol. The second-order valence-corrected chi connectivity index (χ2v) is 56.1. The van der Waals surface area contributed by atoms with Crippen LogP contribution >= 0.6 is 46.9 Å². The Kier molecular flexibility index (Phi) is 45.0. The molecule has 16 rings (SSSR count). The Morgan fingerprint density at radius 2 is 0.514 bits per heavy atom. The van der Waals surface area contributed by atoms with Crippen molar-refractivity contribution in [1.82, 2.24) is 0 Å². The van der Waals surface area contributed by atoms with Crippen LogP contribution in [0, 0.1) is 34.0 Å². The van der Waals surface area contributed by atoms with Crippen LogP contribution in [0.3, 0.4) is 0 Å². The molecule has 1 aliphatic carbocycles. The molecule has 1 aliphatic rings. The van der Waals surface area contributed by atoms with Gasteiger partial charge in [-0.3, -0.25) is 4.79 Å². The number of benzene rings is 15. The zero-order valence-electron chi connectivity index (χ0n) is 77.2. The number of ketones is 1. The first-order chi connectivity index (χ1) is 65.8.